The van der Waals surface area contributed by atoms with E-state index in [0.29, 0.717) is 29.6 Å². The van der Waals surface area contributed by atoms with Crippen molar-refractivity contribution in [2.45, 2.75) is 76.5 Å². The van der Waals surface area contributed by atoms with Gasteiger partial charge in [0.2, 0.25) is 0 Å². The number of nitrogens with zero attached hydrogens (tertiary/aromatic N) is 2. The van der Waals surface area contributed by atoms with Crippen molar-refractivity contribution in [2.75, 3.05) is 0 Å². The predicted molar refractivity (Wildman–Crippen MR) is 153 cm³/mol. The molecule has 3 aliphatic carbocycles. The number of aromatic amines is 2. The lowest BCUT2D eigenvalue weighted by Crippen LogP contribution is -2.21. The number of nitrogens with one attached hydrogen (secondary N) is 4. The standard InChI is InChI=1S/C33H36N6/c1-17-24-12-25(37-30(17)24)31-34-15-27(38-31)19-8-6-18(7-9-19)20-10-11-23(22-5-3-4-21(20)22)28-16-35-32(39-28)26-13-33(2)14-29(33)36-26/h6-11,15-17,24-26,29-30,36-37H,3-5,12-14H2,1-2H3,(H,34,38)(H,35,39)/t17-,24+,25+,26+,29+,30-,33-/m1/s1. The van der Waals surface area contributed by atoms with Crippen molar-refractivity contribution < 1.29 is 0 Å². The van der Waals surface area contributed by atoms with E-state index in [9.17, 15) is 0 Å². The summed E-state index contributed by atoms with van der Waals surface area (Å²) in [5.41, 5.74) is 10.9. The maximum Gasteiger partial charge on any atom is 0.123 e. The van der Waals surface area contributed by atoms with E-state index in [0.717, 1.165) is 47.7 Å². The van der Waals surface area contributed by atoms with E-state index >= 15 is 0 Å². The van der Waals surface area contributed by atoms with E-state index in [1.165, 1.54) is 59.1 Å². The Morgan fingerprint density at radius 2 is 1.46 bits per heavy atom. The quantitative estimate of drug-likeness (QED) is 0.258. The molecule has 39 heavy (non-hydrogen) atoms. The van der Waals surface area contributed by atoms with Gasteiger partial charge in [-0.25, -0.2) is 9.97 Å². The Labute approximate surface area is 229 Å². The van der Waals surface area contributed by atoms with Gasteiger partial charge < -0.3 is 20.6 Å². The molecule has 2 aromatic heterocycles. The number of rotatable bonds is 5. The first-order chi connectivity index (χ1) is 19.0. The third-order valence-corrected chi connectivity index (χ3v) is 10.8. The van der Waals surface area contributed by atoms with Gasteiger partial charge in [0.1, 0.15) is 11.6 Å². The third-order valence-electron chi connectivity index (χ3n) is 10.8. The second kappa shape index (κ2) is 7.92. The molecule has 9 rings (SSSR count). The van der Waals surface area contributed by atoms with Crippen LogP contribution in [0, 0.1) is 17.3 Å². The molecule has 0 unspecified atom stereocenters. The number of piperidine rings is 2. The van der Waals surface area contributed by atoms with Gasteiger partial charge in [0.25, 0.3) is 0 Å². The summed E-state index contributed by atoms with van der Waals surface area (Å²) in [7, 11) is 0. The van der Waals surface area contributed by atoms with Gasteiger partial charge in [0.05, 0.1) is 35.9 Å². The smallest absolute Gasteiger partial charge is 0.123 e. The zero-order valence-electron chi connectivity index (χ0n) is 22.7. The van der Waals surface area contributed by atoms with Gasteiger partial charge in [-0.05, 0) is 83.6 Å². The number of H-pyrrole nitrogens is 2. The highest BCUT2D eigenvalue weighted by atomic mass is 15.1. The van der Waals surface area contributed by atoms with Crippen molar-refractivity contribution in [3.05, 3.63) is 71.6 Å². The molecule has 0 radical (unpaired) electrons. The van der Waals surface area contributed by atoms with Gasteiger partial charge in [-0.2, -0.15) is 0 Å². The summed E-state index contributed by atoms with van der Waals surface area (Å²) < 4.78 is 0. The van der Waals surface area contributed by atoms with E-state index in [1.807, 2.05) is 6.20 Å². The molecule has 0 bridgehead atoms. The average Bonchev–Trinajstić information content (AvgIpc) is 3.55. The van der Waals surface area contributed by atoms with Gasteiger partial charge in [-0.15, -0.1) is 0 Å². The monoisotopic (exact) mass is 516 g/mol. The lowest BCUT2D eigenvalue weighted by Gasteiger charge is -2.14. The topological polar surface area (TPSA) is 81.4 Å². The van der Waals surface area contributed by atoms with Crippen LogP contribution in [0.15, 0.2) is 48.8 Å². The summed E-state index contributed by atoms with van der Waals surface area (Å²) >= 11 is 0. The highest BCUT2D eigenvalue weighted by Crippen LogP contribution is 2.57. The number of hydrogen-bond acceptors (Lipinski definition) is 4. The molecule has 6 heteroatoms. The summed E-state index contributed by atoms with van der Waals surface area (Å²) in [5, 5.41) is 7.51. The zero-order chi connectivity index (χ0) is 25.9. The molecule has 4 aromatic rings. The maximum absolute atomic E-state index is 4.81. The van der Waals surface area contributed by atoms with Crippen LogP contribution in [0.4, 0.5) is 0 Å². The number of benzene rings is 2. The number of imidazole rings is 2. The van der Waals surface area contributed by atoms with Crippen molar-refractivity contribution in [3.63, 3.8) is 0 Å². The number of fused-ring (bicyclic) bond motifs is 3. The Morgan fingerprint density at radius 1 is 0.769 bits per heavy atom. The number of aromatic nitrogens is 4. The van der Waals surface area contributed by atoms with Crippen LogP contribution in [0.25, 0.3) is 33.6 Å². The van der Waals surface area contributed by atoms with Crippen LogP contribution < -0.4 is 10.6 Å². The van der Waals surface area contributed by atoms with Crippen molar-refractivity contribution in [2.24, 2.45) is 17.3 Å². The van der Waals surface area contributed by atoms with Crippen molar-refractivity contribution in [3.8, 4) is 33.6 Å². The maximum atomic E-state index is 4.81. The second-order valence-corrected chi connectivity index (χ2v) is 13.3. The molecule has 5 aliphatic rings. The Kier molecular flexibility index (Phi) is 4.59. The molecule has 4 fully saturated rings. The van der Waals surface area contributed by atoms with E-state index in [4.69, 9.17) is 9.97 Å². The minimum Gasteiger partial charge on any atom is -0.341 e. The molecular formula is C33H36N6. The van der Waals surface area contributed by atoms with Gasteiger partial charge in [0.15, 0.2) is 0 Å². The molecule has 198 valence electrons. The molecule has 2 saturated heterocycles. The largest absolute Gasteiger partial charge is 0.341 e. The Morgan fingerprint density at radius 3 is 2.21 bits per heavy atom. The molecule has 4 heterocycles. The van der Waals surface area contributed by atoms with Crippen LogP contribution in [0.5, 0.6) is 0 Å². The predicted octanol–water partition coefficient (Wildman–Crippen LogP) is 6.10. The summed E-state index contributed by atoms with van der Waals surface area (Å²) in [6.07, 6.45) is 11.3. The molecular weight excluding hydrogens is 480 g/mol. The fourth-order valence-electron chi connectivity index (χ4n) is 8.15. The molecule has 0 amide bonds. The van der Waals surface area contributed by atoms with E-state index in [-0.39, 0.29) is 0 Å². The average molecular weight is 517 g/mol. The lowest BCUT2D eigenvalue weighted by molar-refractivity contribution is 0.488. The van der Waals surface area contributed by atoms with Gasteiger partial charge >= 0.3 is 0 Å². The van der Waals surface area contributed by atoms with E-state index in [2.05, 4.69) is 77.0 Å². The third kappa shape index (κ3) is 3.47. The minimum atomic E-state index is 0.364. The van der Waals surface area contributed by atoms with Gasteiger partial charge in [-0.3, -0.25) is 0 Å². The van der Waals surface area contributed by atoms with Crippen LogP contribution >= 0.6 is 0 Å². The molecule has 2 aliphatic heterocycles. The van der Waals surface area contributed by atoms with Crippen molar-refractivity contribution in [1.82, 2.24) is 30.6 Å². The van der Waals surface area contributed by atoms with Gasteiger partial charge in [0, 0.05) is 17.6 Å². The SMILES string of the molecule is C[C@@H]1[C@@H]2C[C@@H](c3ncc(-c4ccc(-c5ccc(-c6cnc([C@@H]7C[C@]8(C)C[C@@H]8N7)[nH]6)c6c5CCC6)cc4)[nH]3)N[C@H]12. The Bertz CT molecular complexity index is 1580. The van der Waals surface area contributed by atoms with Crippen molar-refractivity contribution in [1.29, 1.82) is 0 Å². The first-order valence-corrected chi connectivity index (χ1v) is 14.9. The molecule has 2 aromatic carbocycles. The zero-order valence-corrected chi connectivity index (χ0v) is 22.7. The Hall–Kier alpha value is -3.22. The minimum absolute atomic E-state index is 0.364. The summed E-state index contributed by atoms with van der Waals surface area (Å²) in [4.78, 5) is 16.8. The molecule has 0 spiro atoms. The normalized spacial score (nSPS) is 33.7. The molecule has 6 nitrogen and oxygen atoms in total. The molecule has 2 saturated carbocycles. The van der Waals surface area contributed by atoms with Crippen molar-refractivity contribution >= 4 is 0 Å². The summed E-state index contributed by atoms with van der Waals surface area (Å²) in [6.45, 7) is 4.75. The fourth-order valence-corrected chi connectivity index (χ4v) is 8.15. The van der Waals surface area contributed by atoms with Crippen LogP contribution in [-0.4, -0.2) is 32.0 Å². The summed E-state index contributed by atoms with van der Waals surface area (Å²) in [6, 6.07) is 15.8. The second-order valence-electron chi connectivity index (χ2n) is 13.3. The van der Waals surface area contributed by atoms with E-state index < -0.39 is 0 Å². The van der Waals surface area contributed by atoms with Crippen LogP contribution in [0.2, 0.25) is 0 Å². The lowest BCUT2D eigenvalue weighted by atomic mass is 9.92. The van der Waals surface area contributed by atoms with Gasteiger partial charge in [-0.1, -0.05) is 50.2 Å². The Balaban J connectivity index is 0.965. The highest BCUT2D eigenvalue weighted by Gasteiger charge is 2.57. The van der Waals surface area contributed by atoms with Crippen LogP contribution in [0.1, 0.15) is 74.4 Å². The van der Waals surface area contributed by atoms with Crippen LogP contribution in [-0.2, 0) is 12.8 Å². The van der Waals surface area contributed by atoms with Crippen LogP contribution in [0.3, 0.4) is 0 Å². The summed E-state index contributed by atoms with van der Waals surface area (Å²) in [5.74, 6) is 3.85. The van der Waals surface area contributed by atoms with E-state index in [1.54, 1.807) is 0 Å². The number of hydrogen-bond donors (Lipinski definition) is 4. The first-order valence-electron chi connectivity index (χ1n) is 14.9. The fraction of sp³-hybridized carbons (Fsp3) is 0.455. The molecule has 4 N–H and O–H groups in total. The molecule has 7 atom stereocenters. The first kappa shape index (κ1) is 22.6. The highest BCUT2D eigenvalue weighted by molar-refractivity contribution is 5.78.